The Balaban J connectivity index is 2.39. The van der Waals surface area contributed by atoms with E-state index in [0.29, 0.717) is 29.2 Å². The first kappa shape index (κ1) is 18.8. The summed E-state index contributed by atoms with van der Waals surface area (Å²) < 4.78 is 25.0. The maximum Gasteiger partial charge on any atom is 0.311 e. The minimum absolute atomic E-state index is 0.189. The van der Waals surface area contributed by atoms with E-state index in [0.717, 1.165) is 12.0 Å². The molecule has 1 N–H and O–H groups in total. The lowest BCUT2D eigenvalue weighted by molar-refractivity contribution is -0.138. The molecule has 0 bridgehead atoms. The van der Waals surface area contributed by atoms with Crippen molar-refractivity contribution < 1.29 is 23.8 Å². The number of aryl methyl sites for hydroxylation is 1. The van der Waals surface area contributed by atoms with E-state index in [1.165, 1.54) is 6.07 Å². The number of ether oxygens (including phenoxy) is 2. The van der Waals surface area contributed by atoms with Crippen molar-refractivity contribution in [1.82, 2.24) is 0 Å². The second-order valence-electron chi connectivity index (χ2n) is 5.90. The lowest BCUT2D eigenvalue weighted by atomic mass is 9.91. The number of halogens is 1. The van der Waals surface area contributed by atoms with E-state index >= 15 is 0 Å². The van der Waals surface area contributed by atoms with Crippen LogP contribution in [0.15, 0.2) is 36.4 Å². The number of hydrogen-bond donors (Lipinski definition) is 1. The normalized spacial score (nSPS) is 11.8. The number of benzene rings is 2. The second kappa shape index (κ2) is 8.51. The molecule has 0 fully saturated rings. The van der Waals surface area contributed by atoms with Crippen LogP contribution < -0.4 is 9.47 Å². The van der Waals surface area contributed by atoms with Crippen molar-refractivity contribution in [2.75, 3.05) is 13.7 Å². The van der Waals surface area contributed by atoms with Crippen LogP contribution in [-0.4, -0.2) is 24.8 Å². The van der Waals surface area contributed by atoms with E-state index in [9.17, 15) is 14.3 Å². The number of carboxylic acids is 1. The highest BCUT2D eigenvalue weighted by Gasteiger charge is 2.24. The number of methoxy groups -OCH3 is 1. The Bertz CT molecular complexity index is 742. The Morgan fingerprint density at radius 2 is 2.04 bits per heavy atom. The third-order valence-corrected chi connectivity index (χ3v) is 4.05. The molecule has 0 saturated carbocycles. The molecule has 1 unspecified atom stereocenters. The molecule has 0 spiro atoms. The van der Waals surface area contributed by atoms with Crippen LogP contribution in [-0.2, 0) is 11.2 Å². The summed E-state index contributed by atoms with van der Waals surface area (Å²) >= 11 is 0. The molecular formula is C20H23FO4. The van der Waals surface area contributed by atoms with Gasteiger partial charge in [-0.1, -0.05) is 31.2 Å². The molecule has 0 aliphatic carbocycles. The fraction of sp³-hybridized carbons (Fsp3) is 0.350. The van der Waals surface area contributed by atoms with E-state index in [4.69, 9.17) is 9.47 Å². The Morgan fingerprint density at radius 3 is 2.64 bits per heavy atom. The number of rotatable bonds is 8. The maximum atomic E-state index is 13.9. The highest BCUT2D eigenvalue weighted by Crippen LogP contribution is 2.35. The summed E-state index contributed by atoms with van der Waals surface area (Å²) in [6.45, 7) is 4.14. The van der Waals surface area contributed by atoms with Crippen LogP contribution in [0, 0.1) is 12.7 Å². The van der Waals surface area contributed by atoms with E-state index in [1.54, 1.807) is 38.3 Å². The van der Waals surface area contributed by atoms with E-state index in [-0.39, 0.29) is 6.42 Å². The summed E-state index contributed by atoms with van der Waals surface area (Å²) in [6, 6.07) is 9.93. The Kier molecular flexibility index (Phi) is 6.39. The lowest BCUT2D eigenvalue weighted by Gasteiger charge is -2.18. The third-order valence-electron chi connectivity index (χ3n) is 4.05. The standard InChI is InChI=1S/C20H23FO4/c1-4-10-25-19-15(6-5-7-18(19)24-3)11-16(20(22)23)14-9-8-13(2)17(21)12-14/h5-9,12,16H,4,10-11H2,1-3H3,(H,22,23). The Hall–Kier alpha value is -2.56. The molecule has 0 heterocycles. The summed E-state index contributed by atoms with van der Waals surface area (Å²) in [5, 5.41) is 9.65. The molecule has 0 amide bonds. The van der Waals surface area contributed by atoms with Gasteiger partial charge in [-0.25, -0.2) is 4.39 Å². The zero-order chi connectivity index (χ0) is 18.4. The topological polar surface area (TPSA) is 55.8 Å². The Morgan fingerprint density at radius 1 is 1.28 bits per heavy atom. The molecule has 1 atom stereocenters. The van der Waals surface area contributed by atoms with Crippen LogP contribution in [0.5, 0.6) is 11.5 Å². The van der Waals surface area contributed by atoms with Crippen molar-refractivity contribution >= 4 is 5.97 Å². The smallest absolute Gasteiger partial charge is 0.311 e. The van der Waals surface area contributed by atoms with Gasteiger partial charge in [0.15, 0.2) is 11.5 Å². The van der Waals surface area contributed by atoms with E-state index in [1.807, 2.05) is 13.0 Å². The van der Waals surface area contributed by atoms with Gasteiger partial charge in [0.25, 0.3) is 0 Å². The monoisotopic (exact) mass is 346 g/mol. The van der Waals surface area contributed by atoms with Crippen molar-refractivity contribution in [1.29, 1.82) is 0 Å². The summed E-state index contributed by atoms with van der Waals surface area (Å²) in [5.41, 5.74) is 1.64. The largest absolute Gasteiger partial charge is 0.493 e. The van der Waals surface area contributed by atoms with E-state index < -0.39 is 17.7 Å². The van der Waals surface area contributed by atoms with Gasteiger partial charge >= 0.3 is 5.97 Å². The quantitative estimate of drug-likeness (QED) is 0.772. The zero-order valence-electron chi connectivity index (χ0n) is 14.7. The van der Waals surface area contributed by atoms with Gasteiger partial charge in [0.05, 0.1) is 19.6 Å². The van der Waals surface area contributed by atoms with Crippen LogP contribution in [0.2, 0.25) is 0 Å². The molecule has 2 aromatic carbocycles. The van der Waals surface area contributed by atoms with Crippen LogP contribution in [0.4, 0.5) is 4.39 Å². The predicted octanol–water partition coefficient (Wildman–Crippen LogP) is 4.34. The zero-order valence-corrected chi connectivity index (χ0v) is 14.7. The molecule has 25 heavy (non-hydrogen) atoms. The highest BCUT2D eigenvalue weighted by atomic mass is 19.1. The van der Waals surface area contributed by atoms with Crippen molar-refractivity contribution in [2.24, 2.45) is 0 Å². The molecule has 5 heteroatoms. The van der Waals surface area contributed by atoms with Gasteiger partial charge in [-0.3, -0.25) is 4.79 Å². The van der Waals surface area contributed by atoms with Gasteiger partial charge in [0.1, 0.15) is 5.82 Å². The number of hydrogen-bond acceptors (Lipinski definition) is 3. The molecule has 0 aromatic heterocycles. The molecule has 4 nitrogen and oxygen atoms in total. The summed E-state index contributed by atoms with van der Waals surface area (Å²) in [4.78, 5) is 11.8. The summed E-state index contributed by atoms with van der Waals surface area (Å²) in [7, 11) is 1.54. The van der Waals surface area contributed by atoms with Gasteiger partial charge in [-0.15, -0.1) is 0 Å². The fourth-order valence-electron chi connectivity index (χ4n) is 2.64. The predicted molar refractivity (Wildman–Crippen MR) is 94.0 cm³/mol. The number of carbonyl (C=O) groups is 1. The number of para-hydroxylation sites is 1. The fourth-order valence-corrected chi connectivity index (χ4v) is 2.64. The maximum absolute atomic E-state index is 13.9. The van der Waals surface area contributed by atoms with Gasteiger partial charge < -0.3 is 14.6 Å². The average molecular weight is 346 g/mol. The summed E-state index contributed by atoms with van der Waals surface area (Å²) in [6.07, 6.45) is 1.01. The summed E-state index contributed by atoms with van der Waals surface area (Å²) in [5.74, 6) is -1.17. The molecule has 2 rings (SSSR count). The minimum atomic E-state index is -1.01. The minimum Gasteiger partial charge on any atom is -0.493 e. The van der Waals surface area contributed by atoms with Crippen molar-refractivity contribution in [3.05, 3.63) is 58.9 Å². The van der Waals surface area contributed by atoms with Gasteiger partial charge in [-0.05, 0) is 48.6 Å². The number of carboxylic acid groups (broad SMARTS) is 1. The molecular weight excluding hydrogens is 323 g/mol. The van der Waals surface area contributed by atoms with Crippen molar-refractivity contribution in [2.45, 2.75) is 32.6 Å². The Labute approximate surface area is 147 Å². The van der Waals surface area contributed by atoms with Crippen LogP contribution in [0.3, 0.4) is 0 Å². The van der Waals surface area contributed by atoms with Crippen LogP contribution in [0.1, 0.15) is 36.0 Å². The van der Waals surface area contributed by atoms with Crippen molar-refractivity contribution in [3.63, 3.8) is 0 Å². The highest BCUT2D eigenvalue weighted by molar-refractivity contribution is 5.77. The lowest BCUT2D eigenvalue weighted by Crippen LogP contribution is -2.16. The SMILES string of the molecule is CCCOc1c(CC(C(=O)O)c2ccc(C)c(F)c2)cccc1OC. The average Bonchev–Trinajstić information content (AvgIpc) is 2.60. The number of aliphatic carboxylic acids is 1. The molecule has 2 aromatic rings. The van der Waals surface area contributed by atoms with Gasteiger partial charge in [0.2, 0.25) is 0 Å². The van der Waals surface area contributed by atoms with Crippen LogP contribution >= 0.6 is 0 Å². The first-order valence-corrected chi connectivity index (χ1v) is 8.25. The van der Waals surface area contributed by atoms with Crippen molar-refractivity contribution in [3.8, 4) is 11.5 Å². The first-order chi connectivity index (χ1) is 12.0. The molecule has 134 valence electrons. The van der Waals surface area contributed by atoms with Gasteiger partial charge in [0, 0.05) is 0 Å². The molecule has 0 aliphatic heterocycles. The molecule has 0 radical (unpaired) electrons. The molecule has 0 aliphatic rings. The van der Waals surface area contributed by atoms with E-state index in [2.05, 4.69) is 0 Å². The third kappa shape index (κ3) is 4.50. The molecule has 0 saturated heterocycles. The van der Waals surface area contributed by atoms with Crippen LogP contribution in [0.25, 0.3) is 0 Å². The second-order valence-corrected chi connectivity index (χ2v) is 5.90. The van der Waals surface area contributed by atoms with Gasteiger partial charge in [-0.2, -0.15) is 0 Å². The first-order valence-electron chi connectivity index (χ1n) is 8.25.